The van der Waals surface area contributed by atoms with Crippen LogP contribution in [0.5, 0.6) is 5.75 Å². The molecule has 0 radical (unpaired) electrons. The molecule has 0 bridgehead atoms. The van der Waals surface area contributed by atoms with Gasteiger partial charge in [0.05, 0.1) is 5.56 Å². The van der Waals surface area contributed by atoms with Gasteiger partial charge in [-0.15, -0.1) is 0 Å². The van der Waals surface area contributed by atoms with Crippen LogP contribution in [-0.2, 0) is 6.42 Å². The van der Waals surface area contributed by atoms with E-state index in [9.17, 15) is 9.18 Å². The van der Waals surface area contributed by atoms with Gasteiger partial charge < -0.3 is 4.74 Å². The molecule has 0 saturated heterocycles. The molecule has 5 heteroatoms. The molecule has 0 aliphatic carbocycles. The van der Waals surface area contributed by atoms with Crippen LogP contribution in [0, 0.1) is 17.1 Å². The molecule has 0 N–H and O–H groups in total. The number of esters is 1. The minimum Gasteiger partial charge on any atom is -0.422 e. The molecule has 0 spiro atoms. The first-order valence-electron chi connectivity index (χ1n) is 8.00. The second-order valence-corrected chi connectivity index (χ2v) is 5.51. The Balaban J connectivity index is 1.95. The molecule has 4 nitrogen and oxygen atoms in total. The maximum Gasteiger partial charge on any atom is 0.362 e. The molecule has 0 atom stereocenters. The maximum absolute atomic E-state index is 13.5. The normalized spacial score (nSPS) is 10.2. The fourth-order valence-electron chi connectivity index (χ4n) is 2.26. The monoisotopic (exact) mass is 326 g/mol. The number of nitrogens with zero attached hydrogens (tertiary/aromatic N) is 2. The Bertz CT molecular complexity index is 736. The van der Waals surface area contributed by atoms with Crippen molar-refractivity contribution in [2.24, 2.45) is 0 Å². The molecule has 2 rings (SSSR count). The van der Waals surface area contributed by atoms with Crippen molar-refractivity contribution in [1.29, 1.82) is 5.26 Å². The van der Waals surface area contributed by atoms with Crippen molar-refractivity contribution in [2.45, 2.75) is 39.0 Å². The first-order chi connectivity index (χ1) is 11.6. The van der Waals surface area contributed by atoms with Crippen LogP contribution in [0.15, 0.2) is 36.5 Å². The van der Waals surface area contributed by atoms with Gasteiger partial charge in [0.15, 0.2) is 0 Å². The lowest BCUT2D eigenvalue weighted by Gasteiger charge is -2.05. The summed E-state index contributed by atoms with van der Waals surface area (Å²) >= 11 is 0. The van der Waals surface area contributed by atoms with E-state index >= 15 is 0 Å². The summed E-state index contributed by atoms with van der Waals surface area (Å²) in [5, 5.41) is 8.68. The van der Waals surface area contributed by atoms with E-state index in [-0.39, 0.29) is 17.0 Å². The summed E-state index contributed by atoms with van der Waals surface area (Å²) in [6.45, 7) is 2.17. The van der Waals surface area contributed by atoms with Crippen molar-refractivity contribution in [3.63, 3.8) is 0 Å². The molecule has 0 aliphatic heterocycles. The number of carbonyl (C=O) groups excluding carboxylic acids is 1. The van der Waals surface area contributed by atoms with E-state index in [0.29, 0.717) is 0 Å². The number of benzene rings is 1. The van der Waals surface area contributed by atoms with Gasteiger partial charge in [-0.2, -0.15) is 5.26 Å². The molecular weight excluding hydrogens is 307 g/mol. The Kier molecular flexibility index (Phi) is 6.44. The highest BCUT2D eigenvalue weighted by Crippen LogP contribution is 2.17. The van der Waals surface area contributed by atoms with E-state index in [1.54, 1.807) is 18.3 Å². The van der Waals surface area contributed by atoms with E-state index in [2.05, 4.69) is 11.9 Å². The van der Waals surface area contributed by atoms with Crippen LogP contribution >= 0.6 is 0 Å². The third kappa shape index (κ3) is 4.88. The summed E-state index contributed by atoms with van der Waals surface area (Å²) in [7, 11) is 0. The highest BCUT2D eigenvalue weighted by molar-refractivity contribution is 5.88. The van der Waals surface area contributed by atoms with Gasteiger partial charge in [0.25, 0.3) is 0 Å². The predicted molar refractivity (Wildman–Crippen MR) is 88.2 cm³/mol. The molecule has 1 aromatic heterocycles. The summed E-state index contributed by atoms with van der Waals surface area (Å²) in [5.41, 5.74) is 1.14. The lowest BCUT2D eigenvalue weighted by Crippen LogP contribution is -2.11. The van der Waals surface area contributed by atoms with E-state index < -0.39 is 11.8 Å². The molecule has 124 valence electrons. The number of carbonyl (C=O) groups is 1. The SMILES string of the molecule is CCCCCCc1ccc(C(=O)Oc2ccc(C#N)c(F)c2)nc1. The lowest BCUT2D eigenvalue weighted by atomic mass is 10.1. The van der Waals surface area contributed by atoms with Crippen molar-refractivity contribution in [3.05, 3.63) is 59.2 Å². The Morgan fingerprint density at radius 2 is 2.08 bits per heavy atom. The van der Waals surface area contributed by atoms with E-state index in [1.165, 1.54) is 31.4 Å². The molecular formula is C19H19FN2O2. The van der Waals surface area contributed by atoms with Gasteiger partial charge in [0.1, 0.15) is 23.3 Å². The number of ether oxygens (including phenoxy) is 1. The standard InChI is InChI=1S/C19H19FN2O2/c1-2-3-4-5-6-14-7-10-18(22-13-14)19(23)24-16-9-8-15(12-21)17(20)11-16/h7-11,13H,2-6H2,1H3. The molecule has 0 amide bonds. The van der Waals surface area contributed by atoms with E-state index in [1.807, 2.05) is 6.07 Å². The highest BCUT2D eigenvalue weighted by Gasteiger charge is 2.12. The van der Waals surface area contributed by atoms with Crippen molar-refractivity contribution in [2.75, 3.05) is 0 Å². The minimum absolute atomic E-state index is 0.0435. The number of rotatable bonds is 7. The largest absolute Gasteiger partial charge is 0.422 e. The van der Waals surface area contributed by atoms with Crippen molar-refractivity contribution in [1.82, 2.24) is 4.98 Å². The Labute approximate surface area is 140 Å². The predicted octanol–water partition coefficient (Wildman–Crippen LogP) is 4.43. The summed E-state index contributed by atoms with van der Waals surface area (Å²) in [4.78, 5) is 16.1. The Morgan fingerprint density at radius 3 is 2.71 bits per heavy atom. The molecule has 1 aromatic carbocycles. The number of hydrogen-bond donors (Lipinski definition) is 0. The zero-order valence-electron chi connectivity index (χ0n) is 13.6. The van der Waals surface area contributed by atoms with Gasteiger partial charge in [0.2, 0.25) is 0 Å². The fourth-order valence-corrected chi connectivity index (χ4v) is 2.26. The second kappa shape index (κ2) is 8.78. The van der Waals surface area contributed by atoms with Crippen molar-refractivity contribution in [3.8, 4) is 11.8 Å². The zero-order valence-corrected chi connectivity index (χ0v) is 13.6. The maximum atomic E-state index is 13.5. The number of aromatic nitrogens is 1. The van der Waals surface area contributed by atoms with Crippen LogP contribution in [0.2, 0.25) is 0 Å². The van der Waals surface area contributed by atoms with Gasteiger partial charge in [0, 0.05) is 12.3 Å². The van der Waals surface area contributed by atoms with Gasteiger partial charge in [-0.25, -0.2) is 14.2 Å². The summed E-state index contributed by atoms with van der Waals surface area (Å²) < 4.78 is 18.6. The second-order valence-electron chi connectivity index (χ2n) is 5.51. The number of nitriles is 1. The Hall–Kier alpha value is -2.74. The molecule has 0 fully saturated rings. The summed E-state index contributed by atoms with van der Waals surface area (Å²) in [5.74, 6) is -1.34. The van der Waals surface area contributed by atoms with Crippen molar-refractivity contribution >= 4 is 5.97 Å². The van der Waals surface area contributed by atoms with Crippen LogP contribution in [-0.4, -0.2) is 11.0 Å². The number of aryl methyl sites for hydroxylation is 1. The molecule has 24 heavy (non-hydrogen) atoms. The van der Waals surface area contributed by atoms with Crippen molar-refractivity contribution < 1.29 is 13.9 Å². The smallest absolute Gasteiger partial charge is 0.362 e. The number of halogens is 1. The fraction of sp³-hybridized carbons (Fsp3) is 0.316. The Morgan fingerprint density at radius 1 is 1.25 bits per heavy atom. The molecule has 2 aromatic rings. The first kappa shape index (κ1) is 17.6. The van der Waals surface area contributed by atoms with Crippen LogP contribution in [0.4, 0.5) is 4.39 Å². The average molecular weight is 326 g/mol. The quantitative estimate of drug-likeness (QED) is 0.429. The lowest BCUT2D eigenvalue weighted by molar-refractivity contribution is 0.0728. The van der Waals surface area contributed by atoms with E-state index in [0.717, 1.165) is 24.5 Å². The third-order valence-corrected chi connectivity index (χ3v) is 3.62. The number of unbranched alkanes of at least 4 members (excludes halogenated alkanes) is 3. The zero-order chi connectivity index (χ0) is 17.4. The summed E-state index contributed by atoms with van der Waals surface area (Å²) in [6.07, 6.45) is 7.30. The highest BCUT2D eigenvalue weighted by atomic mass is 19.1. The molecule has 0 saturated carbocycles. The number of hydrogen-bond acceptors (Lipinski definition) is 4. The molecule has 1 heterocycles. The van der Waals surface area contributed by atoms with Gasteiger partial charge in [-0.05, 0) is 36.6 Å². The first-order valence-corrected chi connectivity index (χ1v) is 8.00. The minimum atomic E-state index is -0.724. The van der Waals surface area contributed by atoms with Gasteiger partial charge in [-0.1, -0.05) is 32.3 Å². The van der Waals surface area contributed by atoms with Crippen LogP contribution in [0.3, 0.4) is 0 Å². The van der Waals surface area contributed by atoms with Crippen LogP contribution in [0.1, 0.15) is 54.2 Å². The number of pyridine rings is 1. The van der Waals surface area contributed by atoms with Gasteiger partial charge >= 0.3 is 5.97 Å². The third-order valence-electron chi connectivity index (χ3n) is 3.62. The van der Waals surface area contributed by atoms with E-state index in [4.69, 9.17) is 10.00 Å². The van der Waals surface area contributed by atoms with Gasteiger partial charge in [-0.3, -0.25) is 0 Å². The summed E-state index contributed by atoms with van der Waals surface area (Å²) in [6, 6.07) is 8.83. The molecule has 0 aliphatic rings. The van der Waals surface area contributed by atoms with Crippen LogP contribution in [0.25, 0.3) is 0 Å². The van der Waals surface area contributed by atoms with Crippen LogP contribution < -0.4 is 4.74 Å². The molecule has 0 unspecified atom stereocenters. The average Bonchev–Trinajstić information content (AvgIpc) is 2.59. The topological polar surface area (TPSA) is 63.0 Å².